The highest BCUT2D eigenvalue weighted by molar-refractivity contribution is 7.87. The molecular formula is C36H46F2N6O7S. The second kappa shape index (κ2) is 14.4. The second-order valence-corrected chi connectivity index (χ2v) is 16.1. The molecule has 1 atom stereocenters. The number of hydrogen-bond donors (Lipinski definition) is 1. The van der Waals surface area contributed by atoms with Gasteiger partial charge in [-0.3, -0.25) is 14.5 Å². The van der Waals surface area contributed by atoms with Crippen LogP contribution in [0.4, 0.5) is 20.2 Å². The summed E-state index contributed by atoms with van der Waals surface area (Å²) in [6.45, 7) is 6.76. The Hall–Kier alpha value is -4.12. The van der Waals surface area contributed by atoms with Crippen molar-refractivity contribution >= 4 is 44.4 Å². The molecule has 0 unspecified atom stereocenters. The maximum Gasteiger partial charge on any atom is 0.341 e. The van der Waals surface area contributed by atoms with Crippen molar-refractivity contribution in [1.82, 2.24) is 18.8 Å². The average Bonchev–Trinajstić information content (AvgIpc) is 3.09. The molecule has 0 radical (unpaired) electrons. The lowest BCUT2D eigenvalue weighted by Crippen LogP contribution is -2.53. The number of carbonyl (C=O) groups excluding carboxylic acids is 2. The quantitative estimate of drug-likeness (QED) is 0.343. The van der Waals surface area contributed by atoms with E-state index in [9.17, 15) is 31.6 Å². The topological polar surface area (TPSA) is 136 Å². The Morgan fingerprint density at radius 3 is 2.50 bits per heavy atom. The summed E-state index contributed by atoms with van der Waals surface area (Å²) < 4.78 is 68.2. The number of likely N-dealkylation sites (N-methyl/N-ethyl adjacent to an activating group) is 1. The number of anilines is 2. The first-order valence-corrected chi connectivity index (χ1v) is 18.8. The van der Waals surface area contributed by atoms with Gasteiger partial charge in [0.25, 0.3) is 17.7 Å². The third-order valence-corrected chi connectivity index (χ3v) is 11.9. The van der Waals surface area contributed by atoms with E-state index in [4.69, 9.17) is 9.15 Å². The first-order valence-electron chi connectivity index (χ1n) is 17.3. The molecule has 13 nitrogen and oxygen atoms in total. The Balaban J connectivity index is 1.31. The molecule has 0 saturated carbocycles. The number of benzene rings is 2. The minimum Gasteiger partial charge on any atom is -0.422 e. The summed E-state index contributed by atoms with van der Waals surface area (Å²) in [7, 11) is 2.09. The number of ether oxygens (including phenoxy) is 1. The first-order chi connectivity index (χ1) is 24.5. The van der Waals surface area contributed by atoms with E-state index in [1.807, 2.05) is 18.6 Å². The molecule has 1 N–H and O–H groups in total. The number of amides is 2. The van der Waals surface area contributed by atoms with E-state index in [1.54, 1.807) is 7.11 Å². The smallest absolute Gasteiger partial charge is 0.341 e. The van der Waals surface area contributed by atoms with Gasteiger partial charge in [-0.15, -0.1) is 0 Å². The second-order valence-electron chi connectivity index (χ2n) is 14.2. The SMILES string of the molecule is COC[C@H]1CN(c2cc(C)c3c4c(c(=O)oc3c2C)CN(C(=O)c2ccc(C(=O)NS(=O)(=O)N(C)C)c(N3CCCC(F)(F)C3)c2)CC4)CCN1C. The van der Waals surface area contributed by atoms with Crippen LogP contribution in [0.15, 0.2) is 33.5 Å². The summed E-state index contributed by atoms with van der Waals surface area (Å²) in [4.78, 5) is 48.2. The standard InChI is InChI=1S/C36H46F2N6O7S/c1-22-16-29(42-15-14-41(5)25(18-42)20-50-6)23(2)32-31(22)26-10-13-43(19-28(26)35(47)51-32)34(46)24-8-9-27(33(45)39-52(48,49)40(3)4)30(17-24)44-12-7-11-36(37,38)21-44/h8-9,16-17,25H,7,10-15,18-21H2,1-6H3,(H,39,45)/t25-/m1/s1. The number of alkyl halides is 2. The number of halogens is 2. The van der Waals surface area contributed by atoms with Crippen LogP contribution in [-0.4, -0.2) is 120 Å². The van der Waals surface area contributed by atoms with Crippen molar-refractivity contribution < 1.29 is 35.9 Å². The van der Waals surface area contributed by atoms with Crippen molar-refractivity contribution in [2.75, 3.05) is 83.9 Å². The fraction of sp³-hybridized carbons (Fsp3) is 0.528. The number of piperidine rings is 1. The molecule has 1 aromatic heterocycles. The molecule has 0 spiro atoms. The van der Waals surface area contributed by atoms with Gasteiger partial charge < -0.3 is 23.9 Å². The molecule has 2 fully saturated rings. The van der Waals surface area contributed by atoms with Crippen LogP contribution in [0.5, 0.6) is 0 Å². The molecule has 3 aliphatic rings. The Bertz CT molecular complexity index is 2070. The van der Waals surface area contributed by atoms with E-state index in [1.165, 1.54) is 42.1 Å². The molecule has 2 amide bonds. The van der Waals surface area contributed by atoms with E-state index in [-0.39, 0.29) is 55.3 Å². The Morgan fingerprint density at radius 1 is 1.06 bits per heavy atom. The summed E-state index contributed by atoms with van der Waals surface area (Å²) in [5, 5.41) is 0.863. The number of nitrogens with one attached hydrogen (secondary N) is 1. The highest BCUT2D eigenvalue weighted by Crippen LogP contribution is 2.37. The Morgan fingerprint density at radius 2 is 1.81 bits per heavy atom. The summed E-state index contributed by atoms with van der Waals surface area (Å²) in [6, 6.07) is 6.35. The van der Waals surface area contributed by atoms with Crippen molar-refractivity contribution in [3.8, 4) is 0 Å². The van der Waals surface area contributed by atoms with Crippen LogP contribution in [0.25, 0.3) is 11.0 Å². The molecule has 3 aliphatic heterocycles. The van der Waals surface area contributed by atoms with E-state index in [0.29, 0.717) is 24.2 Å². The van der Waals surface area contributed by atoms with Gasteiger partial charge in [0, 0.05) is 82.6 Å². The summed E-state index contributed by atoms with van der Waals surface area (Å²) in [5.74, 6) is -4.51. The average molecular weight is 745 g/mol. The monoisotopic (exact) mass is 744 g/mol. The van der Waals surface area contributed by atoms with E-state index >= 15 is 0 Å². The van der Waals surface area contributed by atoms with Crippen LogP contribution in [-0.2, 0) is 27.9 Å². The zero-order chi connectivity index (χ0) is 37.7. The molecule has 282 valence electrons. The zero-order valence-corrected chi connectivity index (χ0v) is 31.2. The molecular weight excluding hydrogens is 698 g/mol. The highest BCUT2D eigenvalue weighted by atomic mass is 32.2. The third-order valence-electron chi connectivity index (χ3n) is 10.5. The number of aryl methyl sites for hydroxylation is 2. The number of methoxy groups -OCH3 is 1. The normalized spacial score (nSPS) is 19.6. The molecule has 2 aromatic carbocycles. The van der Waals surface area contributed by atoms with Crippen LogP contribution in [0, 0.1) is 13.8 Å². The number of fused-ring (bicyclic) bond motifs is 3. The Kier molecular flexibility index (Phi) is 10.4. The minimum atomic E-state index is -4.18. The summed E-state index contributed by atoms with van der Waals surface area (Å²) >= 11 is 0. The van der Waals surface area contributed by atoms with Gasteiger partial charge in [-0.25, -0.2) is 18.3 Å². The van der Waals surface area contributed by atoms with Crippen molar-refractivity contribution in [3.63, 3.8) is 0 Å². The van der Waals surface area contributed by atoms with Crippen LogP contribution < -0.4 is 20.1 Å². The maximum atomic E-state index is 14.6. The van der Waals surface area contributed by atoms with Crippen LogP contribution >= 0.6 is 0 Å². The van der Waals surface area contributed by atoms with E-state index < -0.39 is 40.1 Å². The van der Waals surface area contributed by atoms with Gasteiger partial charge in [0.05, 0.1) is 42.6 Å². The molecule has 52 heavy (non-hydrogen) atoms. The van der Waals surface area contributed by atoms with Gasteiger partial charge in [0.1, 0.15) is 5.58 Å². The molecule has 0 bridgehead atoms. The lowest BCUT2D eigenvalue weighted by molar-refractivity contribution is -0.0117. The first kappa shape index (κ1) is 37.6. The summed E-state index contributed by atoms with van der Waals surface area (Å²) in [5.41, 5.74) is 4.04. The van der Waals surface area contributed by atoms with Gasteiger partial charge in [0.2, 0.25) is 0 Å². The Labute approximate surface area is 302 Å². The van der Waals surface area contributed by atoms with Crippen LogP contribution in [0.3, 0.4) is 0 Å². The van der Waals surface area contributed by atoms with E-state index in [0.717, 1.165) is 51.7 Å². The number of carbonyl (C=O) groups is 2. The summed E-state index contributed by atoms with van der Waals surface area (Å²) in [6.07, 6.45) is 0.203. The molecule has 3 aromatic rings. The van der Waals surface area contributed by atoms with E-state index in [2.05, 4.69) is 22.9 Å². The van der Waals surface area contributed by atoms with Crippen molar-refractivity contribution in [3.05, 3.63) is 68.1 Å². The molecule has 0 aliphatic carbocycles. The predicted octanol–water partition coefficient (Wildman–Crippen LogP) is 3.15. The molecule has 4 heterocycles. The maximum absolute atomic E-state index is 14.6. The van der Waals surface area contributed by atoms with Crippen molar-refractivity contribution in [2.24, 2.45) is 0 Å². The van der Waals surface area contributed by atoms with Gasteiger partial charge in [0.15, 0.2) is 0 Å². The highest BCUT2D eigenvalue weighted by Gasteiger charge is 2.37. The van der Waals surface area contributed by atoms with Gasteiger partial charge in [-0.05, 0) is 69.1 Å². The van der Waals surface area contributed by atoms with Crippen molar-refractivity contribution in [2.45, 2.75) is 51.6 Å². The number of nitrogens with zero attached hydrogens (tertiary/aromatic N) is 5. The van der Waals surface area contributed by atoms with Crippen LogP contribution in [0.1, 0.15) is 55.8 Å². The molecule has 2 saturated heterocycles. The fourth-order valence-electron chi connectivity index (χ4n) is 7.53. The van der Waals surface area contributed by atoms with Crippen molar-refractivity contribution in [1.29, 1.82) is 0 Å². The predicted molar refractivity (Wildman–Crippen MR) is 194 cm³/mol. The minimum absolute atomic E-state index is 0.0235. The number of hydrogen-bond acceptors (Lipinski definition) is 10. The number of piperazine rings is 1. The van der Waals surface area contributed by atoms with Crippen LogP contribution in [0.2, 0.25) is 0 Å². The molecule has 6 rings (SSSR count). The van der Waals surface area contributed by atoms with Gasteiger partial charge in [-0.2, -0.15) is 12.7 Å². The lowest BCUT2D eigenvalue weighted by Gasteiger charge is -2.41. The zero-order valence-electron chi connectivity index (χ0n) is 30.4. The van der Waals surface area contributed by atoms with Gasteiger partial charge in [-0.1, -0.05) is 0 Å². The van der Waals surface area contributed by atoms with Gasteiger partial charge >= 0.3 is 15.8 Å². The molecule has 16 heteroatoms. The lowest BCUT2D eigenvalue weighted by atomic mass is 9.92. The number of rotatable bonds is 8. The fourth-order valence-corrected chi connectivity index (χ4v) is 8.05. The third kappa shape index (κ3) is 7.25. The largest absolute Gasteiger partial charge is 0.422 e.